The lowest BCUT2D eigenvalue weighted by Crippen LogP contribution is -2.39. The second-order valence-electron chi connectivity index (χ2n) is 9.02. The van der Waals surface area contributed by atoms with Crippen LogP contribution in [0.4, 0.5) is 0 Å². The number of pyridine rings is 1. The highest BCUT2D eigenvalue weighted by atomic mass is 127. The summed E-state index contributed by atoms with van der Waals surface area (Å²) in [5.41, 5.74) is 2.28. The van der Waals surface area contributed by atoms with E-state index in [-0.39, 0.29) is 23.8 Å². The normalized spacial score (nSPS) is 13.4. The number of rotatable bonds is 11. The molecule has 0 fully saturated rings. The first-order valence-electron chi connectivity index (χ1n) is 11.2. The second kappa shape index (κ2) is 11.9. The van der Waals surface area contributed by atoms with Crippen molar-refractivity contribution in [3.05, 3.63) is 99.9 Å². The van der Waals surface area contributed by atoms with Crippen LogP contribution >= 0.6 is 22.6 Å². The van der Waals surface area contributed by atoms with Crippen LogP contribution in [0.3, 0.4) is 0 Å². The highest BCUT2D eigenvalue weighted by Gasteiger charge is 2.32. The van der Waals surface area contributed by atoms with Gasteiger partial charge in [-0.15, -0.1) is 0 Å². The number of hydrogen-bond donors (Lipinski definition) is 2. The van der Waals surface area contributed by atoms with Gasteiger partial charge >= 0.3 is 5.97 Å². The highest BCUT2D eigenvalue weighted by Crippen LogP contribution is 2.34. The van der Waals surface area contributed by atoms with Crippen molar-refractivity contribution in [1.29, 1.82) is 0 Å². The number of allylic oxidation sites excluding steroid dienone is 1. The Balaban J connectivity index is 1.85. The third-order valence-electron chi connectivity index (χ3n) is 6.03. The highest BCUT2D eigenvalue weighted by molar-refractivity contribution is 14.1. The van der Waals surface area contributed by atoms with Crippen molar-refractivity contribution >= 4 is 44.2 Å². The smallest absolute Gasteiger partial charge is 0.303 e. The molecule has 2 aromatic carbocycles. The number of sulfonamides is 1. The Hall–Kier alpha value is -2.56. The second-order valence-corrected chi connectivity index (χ2v) is 12.0. The molecule has 1 heterocycles. The zero-order valence-corrected chi connectivity index (χ0v) is 22.7. The van der Waals surface area contributed by atoms with E-state index in [1.54, 1.807) is 36.7 Å². The third-order valence-corrected chi connectivity index (χ3v) is 8.17. The summed E-state index contributed by atoms with van der Waals surface area (Å²) in [5.74, 6) is -1.23. The number of aromatic nitrogens is 1. The first-order valence-corrected chi connectivity index (χ1v) is 13.8. The molecule has 3 aromatic rings. The van der Waals surface area contributed by atoms with Crippen LogP contribution in [0, 0.1) is 14.9 Å². The number of carboxylic acids is 1. The number of aliphatic carboxylic acids is 1. The van der Waals surface area contributed by atoms with Gasteiger partial charge in [0.15, 0.2) is 0 Å². The molecule has 6 nitrogen and oxygen atoms in total. The van der Waals surface area contributed by atoms with Gasteiger partial charge in [-0.2, -0.15) is 0 Å². The van der Waals surface area contributed by atoms with E-state index in [1.165, 1.54) is 0 Å². The maximum absolute atomic E-state index is 12.8. The molecule has 0 aliphatic carbocycles. The van der Waals surface area contributed by atoms with Gasteiger partial charge in [0.25, 0.3) is 0 Å². The molecule has 1 atom stereocenters. The molecule has 2 N–H and O–H groups in total. The molecular weight excluding hydrogens is 575 g/mol. The summed E-state index contributed by atoms with van der Waals surface area (Å²) in [7, 11) is -3.71. The van der Waals surface area contributed by atoms with Crippen molar-refractivity contribution in [2.75, 3.05) is 6.54 Å². The quantitative estimate of drug-likeness (QED) is 0.278. The summed E-state index contributed by atoms with van der Waals surface area (Å²) in [4.78, 5) is 16.1. The summed E-state index contributed by atoms with van der Waals surface area (Å²) in [6, 6.07) is 20.3. The van der Waals surface area contributed by atoms with Gasteiger partial charge in [-0.25, -0.2) is 13.1 Å². The number of nitrogens with one attached hydrogen (secondary N) is 1. The number of halogens is 1. The minimum absolute atomic E-state index is 0.0795. The van der Waals surface area contributed by atoms with Crippen molar-refractivity contribution < 1.29 is 18.3 Å². The van der Waals surface area contributed by atoms with Crippen LogP contribution in [-0.4, -0.2) is 31.0 Å². The number of nitrogens with zero attached hydrogens (tertiary/aromatic N) is 1. The van der Waals surface area contributed by atoms with Crippen molar-refractivity contribution in [1.82, 2.24) is 9.71 Å². The Bertz CT molecular complexity index is 1220. The van der Waals surface area contributed by atoms with Crippen LogP contribution in [0.2, 0.25) is 0 Å². The predicted octanol–water partition coefficient (Wildman–Crippen LogP) is 5.60. The Labute approximate surface area is 220 Å². The lowest BCUT2D eigenvalue weighted by molar-refractivity contribution is -0.139. The summed E-state index contributed by atoms with van der Waals surface area (Å²) < 4.78 is 29.3. The molecule has 0 amide bonds. The van der Waals surface area contributed by atoms with Gasteiger partial charge < -0.3 is 5.11 Å². The fourth-order valence-corrected chi connectivity index (χ4v) is 5.40. The Morgan fingerprint density at radius 1 is 1.06 bits per heavy atom. The summed E-state index contributed by atoms with van der Waals surface area (Å²) >= 11 is 2.12. The van der Waals surface area contributed by atoms with Gasteiger partial charge in [-0.1, -0.05) is 56.3 Å². The van der Waals surface area contributed by atoms with Crippen molar-refractivity contribution in [2.24, 2.45) is 11.3 Å². The molecule has 8 heteroatoms. The topological polar surface area (TPSA) is 96.4 Å². The van der Waals surface area contributed by atoms with Crippen molar-refractivity contribution in [2.45, 2.75) is 31.6 Å². The van der Waals surface area contributed by atoms with Crippen LogP contribution in [0.1, 0.15) is 37.8 Å². The summed E-state index contributed by atoms with van der Waals surface area (Å²) in [6.45, 7) is 3.91. The van der Waals surface area contributed by atoms with E-state index in [0.29, 0.717) is 6.42 Å². The number of hydrogen-bond acceptors (Lipinski definition) is 4. The fraction of sp³-hybridized carbons (Fsp3) is 0.259. The molecule has 0 aliphatic rings. The van der Waals surface area contributed by atoms with E-state index in [2.05, 4.69) is 32.3 Å². The van der Waals surface area contributed by atoms with Gasteiger partial charge in [0.1, 0.15) is 0 Å². The molecule has 0 aliphatic heterocycles. The van der Waals surface area contributed by atoms with Crippen LogP contribution in [0.5, 0.6) is 0 Å². The molecule has 0 saturated carbocycles. The molecule has 0 spiro atoms. The minimum atomic E-state index is -3.71. The number of benzene rings is 2. The number of carbonyl (C=O) groups is 1. The van der Waals surface area contributed by atoms with Crippen LogP contribution in [-0.2, 0) is 14.8 Å². The maximum atomic E-state index is 12.8. The first-order chi connectivity index (χ1) is 16.6. The Kier molecular flexibility index (Phi) is 9.21. The van der Waals surface area contributed by atoms with Crippen LogP contribution < -0.4 is 4.72 Å². The van der Waals surface area contributed by atoms with E-state index < -0.39 is 21.4 Å². The van der Waals surface area contributed by atoms with Crippen LogP contribution in [0.25, 0.3) is 5.57 Å². The van der Waals surface area contributed by atoms with E-state index in [4.69, 9.17) is 0 Å². The molecule has 3 rings (SSSR count). The lowest BCUT2D eigenvalue weighted by atomic mass is 9.74. The lowest BCUT2D eigenvalue weighted by Gasteiger charge is -2.33. The van der Waals surface area contributed by atoms with Crippen molar-refractivity contribution in [3.8, 4) is 0 Å². The SMILES string of the molecule is CC(C)(CNS(=O)(=O)c1ccc(I)cc1)C(C/C=C(\c1ccccc1)c1cccnc1)CC(=O)O. The van der Waals surface area contributed by atoms with Gasteiger partial charge in [-0.05, 0) is 81.8 Å². The molecule has 1 unspecified atom stereocenters. The molecule has 0 bridgehead atoms. The van der Waals surface area contributed by atoms with E-state index >= 15 is 0 Å². The Morgan fingerprint density at radius 2 is 1.71 bits per heavy atom. The largest absolute Gasteiger partial charge is 0.481 e. The van der Waals surface area contributed by atoms with Crippen molar-refractivity contribution in [3.63, 3.8) is 0 Å². The Morgan fingerprint density at radius 3 is 2.31 bits per heavy atom. The van der Waals surface area contributed by atoms with Gasteiger partial charge in [0.05, 0.1) is 4.90 Å². The molecule has 1 aromatic heterocycles. The zero-order valence-electron chi connectivity index (χ0n) is 19.7. The summed E-state index contributed by atoms with van der Waals surface area (Å²) in [6.07, 6.45) is 5.91. The monoisotopic (exact) mass is 604 g/mol. The van der Waals surface area contributed by atoms with Gasteiger partial charge in [0.2, 0.25) is 10.0 Å². The van der Waals surface area contributed by atoms with E-state index in [9.17, 15) is 18.3 Å². The molecule has 0 radical (unpaired) electrons. The average molecular weight is 605 g/mol. The molecule has 35 heavy (non-hydrogen) atoms. The van der Waals surface area contributed by atoms with Crippen LogP contribution in [0.15, 0.2) is 90.1 Å². The third kappa shape index (κ3) is 7.71. The number of carboxylic acid groups (broad SMARTS) is 1. The zero-order chi connectivity index (χ0) is 25.5. The molecular formula is C27H29IN2O4S. The average Bonchev–Trinajstić information content (AvgIpc) is 2.84. The minimum Gasteiger partial charge on any atom is -0.481 e. The fourth-order valence-electron chi connectivity index (χ4n) is 3.81. The summed E-state index contributed by atoms with van der Waals surface area (Å²) in [5, 5.41) is 9.61. The molecule has 184 valence electrons. The predicted molar refractivity (Wildman–Crippen MR) is 146 cm³/mol. The van der Waals surface area contributed by atoms with Gasteiger partial charge in [-0.3, -0.25) is 9.78 Å². The maximum Gasteiger partial charge on any atom is 0.303 e. The first kappa shape index (κ1) is 27.0. The van der Waals surface area contributed by atoms with Gasteiger partial charge in [0, 0.05) is 34.5 Å². The van der Waals surface area contributed by atoms with E-state index in [0.717, 1.165) is 20.3 Å². The standard InChI is InChI=1S/C27H29IN2O4S/c1-27(2,19-30-35(33,34)24-13-11-23(28)12-14-24)22(17-26(31)32)10-15-25(20-7-4-3-5-8-20)21-9-6-16-29-18-21/h3-9,11-16,18,22,30H,10,17,19H2,1-2H3,(H,31,32)/b25-15+. The van der Waals surface area contributed by atoms with E-state index in [1.807, 2.05) is 62.4 Å². The molecule has 0 saturated heterocycles.